The number of ether oxygens (including phenoxy) is 4. The van der Waals surface area contributed by atoms with Crippen molar-refractivity contribution in [2.45, 2.75) is 139 Å². The Morgan fingerprint density at radius 1 is 0.614 bits per heavy atom. The second-order valence-electron chi connectivity index (χ2n) is 21.4. The number of hydrogen-bond donors (Lipinski definition) is 2. The predicted molar refractivity (Wildman–Crippen MR) is 273 cm³/mol. The summed E-state index contributed by atoms with van der Waals surface area (Å²) in [5.41, 5.74) is 12.5. The van der Waals surface area contributed by atoms with Gasteiger partial charge in [-0.25, -0.2) is 39.8 Å². The first-order valence-electron chi connectivity index (χ1n) is 23.5. The highest BCUT2D eigenvalue weighted by Crippen LogP contribution is 2.56. The molecule has 0 amide bonds. The van der Waals surface area contributed by atoms with Crippen molar-refractivity contribution in [3.8, 4) is 22.8 Å². The molecule has 2 aromatic carbocycles. The van der Waals surface area contributed by atoms with E-state index in [1.165, 1.54) is 10.1 Å². The van der Waals surface area contributed by atoms with Crippen LogP contribution in [0.1, 0.15) is 105 Å². The lowest BCUT2D eigenvalue weighted by atomic mass is 9.75. The maximum atomic E-state index is 6.63. The van der Waals surface area contributed by atoms with Gasteiger partial charge < -0.3 is 39.7 Å². The normalized spacial score (nSPS) is 29.5. The van der Waals surface area contributed by atoms with Crippen molar-refractivity contribution in [1.82, 2.24) is 20.1 Å². The Hall–Kier alpha value is -4.24. The number of halogens is 3. The first-order chi connectivity index (χ1) is 32.7. The molecule has 0 bridgehead atoms. The van der Waals surface area contributed by atoms with E-state index in [9.17, 15) is 0 Å². The number of nitrogens with two attached hydrogens (primary N) is 2. The number of aliphatic imine (C=N–C) groups is 2. The standard InChI is InChI=1S/C22H25ClN4O3.C17H22BrN3O3.C11H15BClNO2/c1-20(2)12-21(9-10-28-20)13-22(26-19(24)27(3)30-22)15-11-14(7-8-17(15)29-21)16-5-4-6-18(23)25-16;1-15(2)9-16(6-7-22-15)10-17(20-14(19)21(3)24-17)12-8-11(18)4-5-13(12)23-16;1-10(2)11(3,4)16-12(15-10)8-6-5-7-9(13)14-8/h4-8,11H,9-10,12-13H2,1-3H3,(H2,24,26);4-5,8H,6-7,9-10H2,1-3H3,(H2,19,20);5-7H,1-4H3. The zero-order chi connectivity index (χ0) is 50.3. The molecule has 9 heterocycles. The molecular formula is C50H62BBrCl2N8O8. The second kappa shape index (κ2) is 18.1. The van der Waals surface area contributed by atoms with E-state index in [4.69, 9.17) is 82.6 Å². The summed E-state index contributed by atoms with van der Waals surface area (Å²) in [7, 11) is 3.11. The van der Waals surface area contributed by atoms with Gasteiger partial charge in [-0.15, -0.1) is 0 Å². The molecule has 374 valence electrons. The third-order valence-electron chi connectivity index (χ3n) is 14.2. The minimum absolute atomic E-state index is 0.244. The van der Waals surface area contributed by atoms with E-state index in [0.29, 0.717) is 53.9 Å². The van der Waals surface area contributed by atoms with E-state index in [1.54, 1.807) is 26.2 Å². The van der Waals surface area contributed by atoms with Gasteiger partial charge in [0.2, 0.25) is 23.4 Å². The van der Waals surface area contributed by atoms with Crippen LogP contribution in [0.15, 0.2) is 87.3 Å². The molecule has 4 spiro atoms. The van der Waals surface area contributed by atoms with Gasteiger partial charge in [0.1, 0.15) is 33.0 Å². The Balaban J connectivity index is 0.000000137. The topological polar surface area (TPSA) is 183 Å². The summed E-state index contributed by atoms with van der Waals surface area (Å²) >= 11 is 15.5. The Kier molecular flexibility index (Phi) is 13.1. The van der Waals surface area contributed by atoms with Crippen molar-refractivity contribution in [3.05, 3.63) is 98.7 Å². The Morgan fingerprint density at radius 2 is 1.10 bits per heavy atom. The maximum absolute atomic E-state index is 6.63. The van der Waals surface area contributed by atoms with Gasteiger partial charge in [-0.05, 0) is 116 Å². The van der Waals surface area contributed by atoms with Gasteiger partial charge in [0.15, 0.2) is 0 Å². The molecule has 7 aliphatic heterocycles. The molecule has 20 heteroatoms. The largest absolute Gasteiger partial charge is 0.514 e. The summed E-state index contributed by atoms with van der Waals surface area (Å²) in [5.74, 6) is 2.27. The van der Waals surface area contributed by atoms with Crippen LogP contribution in [0.3, 0.4) is 0 Å². The molecule has 4 aromatic rings. The number of aromatic nitrogens is 2. The molecular weight excluding hydrogens is 1000 g/mol. The smallest absolute Gasteiger partial charge is 0.486 e. The molecule has 2 aromatic heterocycles. The van der Waals surface area contributed by atoms with E-state index >= 15 is 0 Å². The molecule has 3 saturated heterocycles. The molecule has 7 aliphatic rings. The molecule has 11 rings (SSSR count). The highest BCUT2D eigenvalue weighted by molar-refractivity contribution is 9.10. The van der Waals surface area contributed by atoms with Crippen molar-refractivity contribution >= 4 is 63.8 Å². The minimum Gasteiger partial charge on any atom is -0.486 e. The van der Waals surface area contributed by atoms with E-state index in [1.807, 2.05) is 88.4 Å². The van der Waals surface area contributed by atoms with Gasteiger partial charge in [0, 0.05) is 62.7 Å². The van der Waals surface area contributed by atoms with Crippen LogP contribution in [0, 0.1) is 0 Å². The van der Waals surface area contributed by atoms with Crippen molar-refractivity contribution in [3.63, 3.8) is 0 Å². The van der Waals surface area contributed by atoms with Gasteiger partial charge in [0.25, 0.3) is 0 Å². The fraction of sp³-hybridized carbons (Fsp3) is 0.520. The monoisotopic (exact) mass is 1060 g/mol. The number of rotatable bonds is 2. The van der Waals surface area contributed by atoms with Crippen LogP contribution in [0.4, 0.5) is 0 Å². The lowest BCUT2D eigenvalue weighted by Crippen LogP contribution is -2.55. The lowest BCUT2D eigenvalue weighted by molar-refractivity contribution is -0.225. The van der Waals surface area contributed by atoms with Gasteiger partial charge in [-0.2, -0.15) is 0 Å². The van der Waals surface area contributed by atoms with Crippen molar-refractivity contribution < 1.29 is 37.9 Å². The Labute approximate surface area is 428 Å². The first kappa shape index (κ1) is 50.7. The summed E-state index contributed by atoms with van der Waals surface area (Å²) < 4.78 is 37.7. The van der Waals surface area contributed by atoms with Gasteiger partial charge in [-0.1, -0.05) is 51.3 Å². The van der Waals surface area contributed by atoms with Crippen LogP contribution in [-0.2, 0) is 39.9 Å². The fourth-order valence-electron chi connectivity index (χ4n) is 10.5. The number of nitrogens with zero attached hydrogens (tertiary/aromatic N) is 6. The van der Waals surface area contributed by atoms with Gasteiger partial charge >= 0.3 is 7.12 Å². The summed E-state index contributed by atoms with van der Waals surface area (Å²) in [6, 6.07) is 22.9. The molecule has 3 fully saturated rings. The molecule has 4 atom stereocenters. The fourth-order valence-corrected chi connectivity index (χ4v) is 11.2. The number of pyridine rings is 2. The Morgan fingerprint density at radius 3 is 1.57 bits per heavy atom. The average Bonchev–Trinajstić information content (AvgIpc) is 3.79. The minimum atomic E-state index is -0.950. The van der Waals surface area contributed by atoms with Crippen LogP contribution >= 0.6 is 39.1 Å². The summed E-state index contributed by atoms with van der Waals surface area (Å²) in [6.45, 7) is 17.7. The zero-order valence-electron chi connectivity index (χ0n) is 41.4. The highest BCUT2D eigenvalue weighted by atomic mass is 79.9. The van der Waals surface area contributed by atoms with E-state index in [-0.39, 0.29) is 28.0 Å². The molecule has 4 unspecified atom stereocenters. The third kappa shape index (κ3) is 9.97. The average molecular weight is 1060 g/mol. The lowest BCUT2D eigenvalue weighted by Gasteiger charge is -2.50. The molecule has 0 aliphatic carbocycles. The summed E-state index contributed by atoms with van der Waals surface area (Å²) in [4.78, 5) is 30.5. The molecule has 70 heavy (non-hydrogen) atoms. The van der Waals surface area contributed by atoms with Crippen LogP contribution in [0.2, 0.25) is 10.3 Å². The van der Waals surface area contributed by atoms with E-state index in [0.717, 1.165) is 64.0 Å². The highest BCUT2D eigenvalue weighted by Gasteiger charge is 2.59. The molecule has 4 N–H and O–H groups in total. The predicted octanol–water partition coefficient (Wildman–Crippen LogP) is 8.79. The quantitative estimate of drug-likeness (QED) is 0.144. The van der Waals surface area contributed by atoms with Gasteiger partial charge in [0.05, 0.1) is 58.0 Å². The number of fused-ring (bicyclic) bond motifs is 4. The molecule has 0 saturated carbocycles. The van der Waals surface area contributed by atoms with Crippen LogP contribution in [-0.4, -0.2) is 100 Å². The number of guanidine groups is 2. The molecule has 16 nitrogen and oxygen atoms in total. The number of benzene rings is 2. The third-order valence-corrected chi connectivity index (χ3v) is 15.1. The second-order valence-corrected chi connectivity index (χ2v) is 23.0. The van der Waals surface area contributed by atoms with Crippen LogP contribution < -0.4 is 26.5 Å². The van der Waals surface area contributed by atoms with Crippen molar-refractivity contribution in [1.29, 1.82) is 0 Å². The summed E-state index contributed by atoms with van der Waals surface area (Å²) in [5, 5.41) is 3.96. The number of hydrogen-bond acceptors (Lipinski definition) is 16. The van der Waals surface area contributed by atoms with Gasteiger partial charge in [-0.3, -0.25) is 0 Å². The number of hydroxylamine groups is 4. The molecule has 0 radical (unpaired) electrons. The van der Waals surface area contributed by atoms with Crippen LogP contribution in [0.25, 0.3) is 11.3 Å². The van der Waals surface area contributed by atoms with E-state index < -0.39 is 24.2 Å². The van der Waals surface area contributed by atoms with Crippen molar-refractivity contribution in [2.75, 3.05) is 27.3 Å². The first-order valence-corrected chi connectivity index (χ1v) is 25.1. The Bertz CT molecular complexity index is 2720. The van der Waals surface area contributed by atoms with E-state index in [2.05, 4.69) is 53.6 Å². The SMILES string of the molecule is CC1(C)OB(c2cccc(Cl)n2)OC1(C)C.CN1OC2(CC3(CCOC(C)(C)C3)Oc3ccc(-c4cccc(Cl)n4)cc32)N=C1N.CN1OC2(CC3(CCOC(C)(C)C3)Oc3ccc(Br)cc32)N=C1N. The summed E-state index contributed by atoms with van der Waals surface area (Å²) in [6.07, 6.45) is 4.24. The zero-order valence-corrected chi connectivity index (χ0v) is 44.5. The van der Waals surface area contributed by atoms with Crippen LogP contribution in [0.5, 0.6) is 11.5 Å². The van der Waals surface area contributed by atoms with Crippen molar-refractivity contribution in [2.24, 2.45) is 21.5 Å². The maximum Gasteiger partial charge on any atom is 0.514 e.